The first kappa shape index (κ1) is 16.5. The van der Waals surface area contributed by atoms with Gasteiger partial charge < -0.3 is 15.0 Å². The largest absolute Gasteiger partial charge is 0.485 e. The summed E-state index contributed by atoms with van der Waals surface area (Å²) < 4.78 is 21.6. The van der Waals surface area contributed by atoms with Crippen LogP contribution in [0.5, 0.6) is 5.75 Å². The number of halogens is 1. The lowest BCUT2D eigenvalue weighted by molar-refractivity contribution is 0.0101. The molecule has 1 saturated heterocycles. The summed E-state index contributed by atoms with van der Waals surface area (Å²) in [5, 5.41) is 8.79. The normalized spacial score (nSPS) is 24.0. The maximum atomic E-state index is 13.6. The summed E-state index contributed by atoms with van der Waals surface area (Å²) in [4.78, 5) is 2.25. The zero-order valence-electron chi connectivity index (χ0n) is 14.4. The molecule has 2 aliphatic rings. The molecule has 25 heavy (non-hydrogen) atoms. The summed E-state index contributed by atoms with van der Waals surface area (Å²) in [6.07, 6.45) is 2.03. The van der Waals surface area contributed by atoms with Gasteiger partial charge >= 0.3 is 0 Å². The molecule has 4 rings (SSSR count). The van der Waals surface area contributed by atoms with Gasteiger partial charge in [0.25, 0.3) is 0 Å². The molecule has 1 aromatic heterocycles. The van der Waals surface area contributed by atoms with Crippen LogP contribution >= 0.6 is 0 Å². The predicted octanol–water partition coefficient (Wildman–Crippen LogP) is 1.90. The second-order valence-electron chi connectivity index (χ2n) is 7.01. The fourth-order valence-electron chi connectivity index (χ4n) is 3.63. The van der Waals surface area contributed by atoms with Crippen molar-refractivity contribution in [2.45, 2.75) is 50.9 Å². The van der Waals surface area contributed by atoms with Gasteiger partial charge in [0.1, 0.15) is 17.8 Å². The molecule has 0 unspecified atom stereocenters. The van der Waals surface area contributed by atoms with E-state index >= 15 is 0 Å². The lowest BCUT2D eigenvalue weighted by Gasteiger charge is -2.38. The number of nitrogens with zero attached hydrogens (tertiary/aromatic N) is 4. The molecule has 0 radical (unpaired) electrons. The Morgan fingerprint density at radius 3 is 2.68 bits per heavy atom. The van der Waals surface area contributed by atoms with Crippen molar-refractivity contribution in [1.29, 1.82) is 0 Å². The van der Waals surface area contributed by atoms with E-state index in [-0.39, 0.29) is 11.9 Å². The van der Waals surface area contributed by atoms with Gasteiger partial charge in [-0.05, 0) is 31.9 Å². The molecule has 6 nitrogen and oxygen atoms in total. The lowest BCUT2D eigenvalue weighted by atomic mass is 9.80. The van der Waals surface area contributed by atoms with Crippen LogP contribution in [-0.2, 0) is 13.1 Å². The van der Waals surface area contributed by atoms with Crippen LogP contribution in [-0.4, -0.2) is 44.9 Å². The first-order valence-corrected chi connectivity index (χ1v) is 8.95. The number of hydrogen-bond donors (Lipinski definition) is 1. The van der Waals surface area contributed by atoms with Gasteiger partial charge in [0.15, 0.2) is 11.6 Å². The maximum absolute atomic E-state index is 13.6. The van der Waals surface area contributed by atoms with Gasteiger partial charge in [0.2, 0.25) is 0 Å². The van der Waals surface area contributed by atoms with E-state index in [0.717, 1.165) is 50.7 Å². The number of likely N-dealkylation sites (tertiary alicyclic amines) is 1. The van der Waals surface area contributed by atoms with E-state index in [1.165, 1.54) is 6.07 Å². The zero-order chi connectivity index (χ0) is 17.4. The third kappa shape index (κ3) is 3.26. The predicted molar refractivity (Wildman–Crippen MR) is 91.7 cm³/mol. The van der Waals surface area contributed by atoms with Crippen LogP contribution in [0.2, 0.25) is 0 Å². The van der Waals surface area contributed by atoms with Crippen molar-refractivity contribution in [3.05, 3.63) is 41.7 Å². The van der Waals surface area contributed by atoms with Crippen molar-refractivity contribution in [1.82, 2.24) is 19.7 Å². The highest BCUT2D eigenvalue weighted by Gasteiger charge is 2.34. The van der Waals surface area contributed by atoms with Gasteiger partial charge in [-0.3, -0.25) is 4.90 Å². The molecule has 7 heteroatoms. The van der Waals surface area contributed by atoms with Crippen LogP contribution in [0.4, 0.5) is 4.39 Å². The number of para-hydroxylation sites is 1. The lowest BCUT2D eigenvalue weighted by Crippen LogP contribution is -2.53. The van der Waals surface area contributed by atoms with Gasteiger partial charge in [-0.1, -0.05) is 12.1 Å². The third-order valence-electron chi connectivity index (χ3n) is 5.13. The second-order valence-corrected chi connectivity index (χ2v) is 7.01. The number of hydrogen-bond acceptors (Lipinski definition) is 5. The second kappa shape index (κ2) is 6.72. The fraction of sp³-hybridized carbons (Fsp3) is 0.556. The van der Waals surface area contributed by atoms with E-state index in [9.17, 15) is 4.39 Å². The highest BCUT2D eigenvalue weighted by atomic mass is 19.1. The number of nitrogens with two attached hydrogens (primary N) is 1. The van der Waals surface area contributed by atoms with E-state index in [4.69, 9.17) is 10.5 Å². The van der Waals surface area contributed by atoms with Crippen LogP contribution in [0.25, 0.3) is 0 Å². The molecule has 0 spiro atoms. The Kier molecular flexibility index (Phi) is 4.43. The monoisotopic (exact) mass is 345 g/mol. The molecule has 2 fully saturated rings. The Morgan fingerprint density at radius 1 is 1.24 bits per heavy atom. The minimum Gasteiger partial charge on any atom is -0.485 e. The number of aromatic nitrogens is 3. The number of ether oxygens (including phenoxy) is 1. The van der Waals surface area contributed by atoms with Crippen LogP contribution in [0.15, 0.2) is 24.3 Å². The quantitative estimate of drug-likeness (QED) is 0.866. The van der Waals surface area contributed by atoms with Gasteiger partial charge in [0.05, 0.1) is 6.54 Å². The minimum atomic E-state index is -0.310. The van der Waals surface area contributed by atoms with E-state index in [2.05, 4.69) is 26.6 Å². The first-order chi connectivity index (χ1) is 12.1. The molecule has 2 aromatic rings. The summed E-state index contributed by atoms with van der Waals surface area (Å²) in [5.74, 6) is 2.52. The molecule has 1 aliphatic heterocycles. The molecular weight excluding hydrogens is 321 g/mol. The molecule has 1 aliphatic carbocycles. The summed E-state index contributed by atoms with van der Waals surface area (Å²) in [7, 11) is 0. The van der Waals surface area contributed by atoms with Crippen molar-refractivity contribution in [3.8, 4) is 5.75 Å². The SMILES string of the molecule is CCn1c(CN2CC(Oc3ccccc3F)C2)nnc1C1CC(N)C1. The Balaban J connectivity index is 1.33. The van der Waals surface area contributed by atoms with Crippen molar-refractivity contribution >= 4 is 0 Å². The average molecular weight is 345 g/mol. The van der Waals surface area contributed by atoms with Gasteiger partial charge in [-0.2, -0.15) is 0 Å². The highest BCUT2D eigenvalue weighted by molar-refractivity contribution is 5.24. The van der Waals surface area contributed by atoms with E-state index < -0.39 is 0 Å². The minimum absolute atomic E-state index is 0.0269. The molecule has 2 N–H and O–H groups in total. The standard InChI is InChI=1S/C18H24FN5O/c1-2-24-17(21-22-18(24)12-7-13(20)8-12)11-23-9-14(10-23)25-16-6-4-3-5-15(16)19/h3-6,12-14H,2,7-11,20H2,1H3. The molecular formula is C18H24FN5O. The van der Waals surface area contributed by atoms with E-state index in [1.54, 1.807) is 18.2 Å². The summed E-state index contributed by atoms with van der Waals surface area (Å²) >= 11 is 0. The smallest absolute Gasteiger partial charge is 0.165 e. The molecule has 0 bridgehead atoms. The Hall–Kier alpha value is -1.99. The molecule has 0 atom stereocenters. The zero-order valence-corrected chi connectivity index (χ0v) is 14.4. The molecule has 0 amide bonds. The fourth-order valence-corrected chi connectivity index (χ4v) is 3.63. The summed E-state index contributed by atoms with van der Waals surface area (Å²) in [6, 6.07) is 6.85. The van der Waals surface area contributed by atoms with Gasteiger partial charge in [0, 0.05) is 31.6 Å². The number of benzene rings is 1. The van der Waals surface area contributed by atoms with Crippen molar-refractivity contribution in [3.63, 3.8) is 0 Å². The summed E-state index contributed by atoms with van der Waals surface area (Å²) in [6.45, 7) is 5.28. The van der Waals surface area contributed by atoms with Crippen molar-refractivity contribution in [2.24, 2.45) is 5.73 Å². The Morgan fingerprint density at radius 2 is 2.00 bits per heavy atom. The molecule has 1 saturated carbocycles. The van der Waals surface area contributed by atoms with E-state index in [0.29, 0.717) is 17.7 Å². The summed E-state index contributed by atoms with van der Waals surface area (Å²) in [5.41, 5.74) is 5.90. The first-order valence-electron chi connectivity index (χ1n) is 8.95. The maximum Gasteiger partial charge on any atom is 0.165 e. The molecule has 2 heterocycles. The van der Waals surface area contributed by atoms with Gasteiger partial charge in [-0.15, -0.1) is 10.2 Å². The van der Waals surface area contributed by atoms with Crippen molar-refractivity contribution < 1.29 is 9.13 Å². The topological polar surface area (TPSA) is 69.2 Å². The highest BCUT2D eigenvalue weighted by Crippen LogP contribution is 2.35. The Labute approximate surface area is 146 Å². The molecule has 134 valence electrons. The van der Waals surface area contributed by atoms with Crippen LogP contribution in [0.3, 0.4) is 0 Å². The van der Waals surface area contributed by atoms with Crippen LogP contribution in [0.1, 0.15) is 37.3 Å². The van der Waals surface area contributed by atoms with Crippen molar-refractivity contribution in [2.75, 3.05) is 13.1 Å². The average Bonchev–Trinajstić information content (AvgIpc) is 2.93. The Bertz CT molecular complexity index is 737. The number of rotatable bonds is 6. The van der Waals surface area contributed by atoms with Gasteiger partial charge in [-0.25, -0.2) is 4.39 Å². The van der Waals surface area contributed by atoms with Crippen LogP contribution in [0, 0.1) is 5.82 Å². The van der Waals surface area contributed by atoms with E-state index in [1.807, 2.05) is 0 Å². The molecule has 1 aromatic carbocycles. The van der Waals surface area contributed by atoms with Crippen LogP contribution < -0.4 is 10.5 Å². The third-order valence-corrected chi connectivity index (χ3v) is 5.13.